The largest absolute Gasteiger partial charge is 0.344 e. The summed E-state index contributed by atoms with van der Waals surface area (Å²) >= 11 is 0. The van der Waals surface area contributed by atoms with Gasteiger partial charge in [0.05, 0.1) is 12.4 Å². The average Bonchev–Trinajstić information content (AvgIpc) is 3.11. The first kappa shape index (κ1) is 15.6. The van der Waals surface area contributed by atoms with Crippen molar-refractivity contribution in [3.8, 4) is 0 Å². The number of nitrogens with one attached hydrogen (secondary N) is 4. The second-order valence-corrected chi connectivity index (χ2v) is 4.83. The minimum Gasteiger partial charge on any atom is -0.344 e. The third kappa shape index (κ3) is 4.36. The summed E-state index contributed by atoms with van der Waals surface area (Å²) in [5, 5.41) is 12.2. The van der Waals surface area contributed by atoms with Crippen LogP contribution in [-0.2, 0) is 19.2 Å². The molecule has 10 heteroatoms. The molecule has 0 aromatic carbocycles. The molecule has 4 amide bonds. The molecule has 22 heavy (non-hydrogen) atoms. The molecular weight excluding hydrogens is 292 g/mol. The minimum absolute atomic E-state index is 0.160. The van der Waals surface area contributed by atoms with E-state index in [9.17, 15) is 19.2 Å². The molecule has 0 aromatic heterocycles. The molecule has 0 aromatic rings. The first-order valence-electron chi connectivity index (χ1n) is 6.79. The van der Waals surface area contributed by atoms with E-state index in [-0.39, 0.29) is 11.8 Å². The Morgan fingerprint density at radius 3 is 1.64 bits per heavy atom. The molecule has 0 radical (unpaired) electrons. The number of rotatable bonds is 5. The number of hydrogen-bond acceptors (Lipinski definition) is 6. The Kier molecular flexibility index (Phi) is 5.17. The predicted molar refractivity (Wildman–Crippen MR) is 75.6 cm³/mol. The number of nitrogens with zero attached hydrogens (tertiary/aromatic N) is 2. The molecule has 2 heterocycles. The lowest BCUT2D eigenvalue weighted by Crippen LogP contribution is -2.39. The van der Waals surface area contributed by atoms with E-state index in [0.29, 0.717) is 25.7 Å². The molecule has 118 valence electrons. The second kappa shape index (κ2) is 7.29. The van der Waals surface area contributed by atoms with Crippen LogP contribution in [-0.4, -0.2) is 48.1 Å². The maximum absolute atomic E-state index is 11.5. The smallest absolute Gasteiger partial charge is 0.262 e. The van der Waals surface area contributed by atoms with Crippen LogP contribution in [0.3, 0.4) is 0 Å². The molecule has 2 atom stereocenters. The SMILES string of the molecule is O=C1CCC(C(=O)N/N=C\C=N/NC(=O)C2CCC(=O)N2)N1. The molecule has 0 aliphatic carbocycles. The maximum Gasteiger partial charge on any atom is 0.262 e. The van der Waals surface area contributed by atoms with Crippen molar-refractivity contribution in [3.05, 3.63) is 0 Å². The standard InChI is InChI=1S/C12H16N6O4/c19-9-3-1-7(15-9)11(21)17-13-5-6-14-18-12(22)8-2-4-10(20)16-8/h5-8H,1-4H2,(H,15,19)(H,16,20)(H,17,21)(H,18,22)/b13-5-,14-6-. The van der Waals surface area contributed by atoms with Crippen molar-refractivity contribution in [1.82, 2.24) is 21.5 Å². The van der Waals surface area contributed by atoms with E-state index in [1.54, 1.807) is 0 Å². The Hall–Kier alpha value is -2.78. The van der Waals surface area contributed by atoms with Crippen molar-refractivity contribution in [2.24, 2.45) is 10.2 Å². The quantitative estimate of drug-likeness (QED) is 0.336. The van der Waals surface area contributed by atoms with Crippen LogP contribution in [0.15, 0.2) is 10.2 Å². The van der Waals surface area contributed by atoms with Gasteiger partial charge in [-0.15, -0.1) is 0 Å². The van der Waals surface area contributed by atoms with E-state index in [2.05, 4.69) is 31.7 Å². The zero-order valence-corrected chi connectivity index (χ0v) is 11.7. The summed E-state index contributed by atoms with van der Waals surface area (Å²) in [6.07, 6.45) is 3.90. The van der Waals surface area contributed by atoms with Crippen LogP contribution in [0.2, 0.25) is 0 Å². The zero-order valence-electron chi connectivity index (χ0n) is 11.7. The van der Waals surface area contributed by atoms with Gasteiger partial charge in [-0.05, 0) is 12.8 Å². The number of hydrazone groups is 2. The summed E-state index contributed by atoms with van der Waals surface area (Å²) in [6, 6.07) is -1.13. The minimum atomic E-state index is -0.563. The van der Waals surface area contributed by atoms with Crippen LogP contribution in [0.4, 0.5) is 0 Å². The Labute approximate surface area is 125 Å². The Balaban J connectivity index is 1.64. The lowest BCUT2D eigenvalue weighted by molar-refractivity contribution is -0.125. The number of carbonyl (C=O) groups excluding carboxylic acids is 4. The summed E-state index contributed by atoms with van der Waals surface area (Å²) in [6.45, 7) is 0. The van der Waals surface area contributed by atoms with Crippen molar-refractivity contribution < 1.29 is 19.2 Å². The molecule has 4 N–H and O–H groups in total. The molecule has 2 unspecified atom stereocenters. The van der Waals surface area contributed by atoms with Crippen LogP contribution in [0.25, 0.3) is 0 Å². The van der Waals surface area contributed by atoms with Gasteiger partial charge in [0.1, 0.15) is 12.1 Å². The predicted octanol–water partition coefficient (Wildman–Crippen LogP) is -2.25. The Bertz CT molecular complexity index is 496. The first-order chi connectivity index (χ1) is 10.6. The molecule has 0 bridgehead atoms. The van der Waals surface area contributed by atoms with E-state index in [0.717, 1.165) is 0 Å². The number of amides is 4. The van der Waals surface area contributed by atoms with E-state index < -0.39 is 23.9 Å². The van der Waals surface area contributed by atoms with Crippen molar-refractivity contribution in [1.29, 1.82) is 0 Å². The van der Waals surface area contributed by atoms with Crippen molar-refractivity contribution in [2.75, 3.05) is 0 Å². The fourth-order valence-corrected chi connectivity index (χ4v) is 2.05. The topological polar surface area (TPSA) is 141 Å². The van der Waals surface area contributed by atoms with Gasteiger partial charge >= 0.3 is 0 Å². The van der Waals surface area contributed by atoms with E-state index in [4.69, 9.17) is 0 Å². The van der Waals surface area contributed by atoms with Gasteiger partial charge in [0.25, 0.3) is 11.8 Å². The van der Waals surface area contributed by atoms with Crippen LogP contribution in [0.5, 0.6) is 0 Å². The van der Waals surface area contributed by atoms with Crippen LogP contribution < -0.4 is 21.5 Å². The normalized spacial score (nSPS) is 24.5. The monoisotopic (exact) mass is 308 g/mol. The molecule has 2 rings (SSSR count). The molecule has 0 saturated carbocycles. The van der Waals surface area contributed by atoms with Gasteiger partial charge in [-0.25, -0.2) is 10.9 Å². The zero-order chi connectivity index (χ0) is 15.9. The van der Waals surface area contributed by atoms with Crippen molar-refractivity contribution >= 4 is 36.1 Å². The maximum atomic E-state index is 11.5. The molecule has 0 spiro atoms. The van der Waals surface area contributed by atoms with Crippen LogP contribution in [0.1, 0.15) is 25.7 Å². The summed E-state index contributed by atoms with van der Waals surface area (Å²) in [5.74, 6) is -1.14. The van der Waals surface area contributed by atoms with Crippen LogP contribution >= 0.6 is 0 Å². The van der Waals surface area contributed by atoms with E-state index >= 15 is 0 Å². The highest BCUT2D eigenvalue weighted by atomic mass is 16.2. The Morgan fingerprint density at radius 2 is 1.32 bits per heavy atom. The average molecular weight is 308 g/mol. The first-order valence-corrected chi connectivity index (χ1v) is 6.79. The molecule has 10 nitrogen and oxygen atoms in total. The third-order valence-electron chi connectivity index (χ3n) is 3.19. The highest BCUT2D eigenvalue weighted by Crippen LogP contribution is 2.06. The van der Waals surface area contributed by atoms with Gasteiger partial charge in [-0.1, -0.05) is 0 Å². The van der Waals surface area contributed by atoms with Gasteiger partial charge in [0, 0.05) is 12.8 Å². The Morgan fingerprint density at radius 1 is 0.909 bits per heavy atom. The van der Waals surface area contributed by atoms with E-state index in [1.165, 1.54) is 12.4 Å². The van der Waals surface area contributed by atoms with Gasteiger partial charge in [-0.3, -0.25) is 19.2 Å². The number of carbonyl (C=O) groups is 4. The summed E-state index contributed by atoms with van der Waals surface area (Å²) in [4.78, 5) is 45.0. The second-order valence-electron chi connectivity index (χ2n) is 4.83. The van der Waals surface area contributed by atoms with Crippen molar-refractivity contribution in [2.45, 2.75) is 37.8 Å². The highest BCUT2D eigenvalue weighted by molar-refractivity contribution is 6.16. The fraction of sp³-hybridized carbons (Fsp3) is 0.500. The lowest BCUT2D eigenvalue weighted by atomic mass is 10.2. The van der Waals surface area contributed by atoms with E-state index in [1.807, 2.05) is 0 Å². The van der Waals surface area contributed by atoms with Gasteiger partial charge in [-0.2, -0.15) is 10.2 Å². The summed E-state index contributed by atoms with van der Waals surface area (Å²) in [5.41, 5.74) is 4.50. The van der Waals surface area contributed by atoms with Crippen molar-refractivity contribution in [3.63, 3.8) is 0 Å². The van der Waals surface area contributed by atoms with Crippen LogP contribution in [0, 0.1) is 0 Å². The lowest BCUT2D eigenvalue weighted by Gasteiger charge is -2.06. The van der Waals surface area contributed by atoms with Gasteiger partial charge in [0.2, 0.25) is 11.8 Å². The molecule has 2 aliphatic heterocycles. The third-order valence-corrected chi connectivity index (χ3v) is 3.19. The molecular formula is C12H16N6O4. The summed E-state index contributed by atoms with van der Waals surface area (Å²) < 4.78 is 0. The molecule has 2 saturated heterocycles. The summed E-state index contributed by atoms with van der Waals surface area (Å²) in [7, 11) is 0. The highest BCUT2D eigenvalue weighted by Gasteiger charge is 2.27. The number of hydrogen-bond donors (Lipinski definition) is 4. The fourth-order valence-electron chi connectivity index (χ4n) is 2.05. The molecule has 2 fully saturated rings. The molecule has 2 aliphatic rings. The van der Waals surface area contributed by atoms with Gasteiger partial charge in [0.15, 0.2) is 0 Å². The van der Waals surface area contributed by atoms with Gasteiger partial charge < -0.3 is 10.6 Å².